The third kappa shape index (κ3) is 4.48. The smallest absolute Gasteiger partial charge is 0.262 e. The summed E-state index contributed by atoms with van der Waals surface area (Å²) in [5, 5.41) is 12.2. The van der Waals surface area contributed by atoms with Gasteiger partial charge < -0.3 is 14.6 Å². The highest BCUT2D eigenvalue weighted by Crippen LogP contribution is 2.20. The van der Waals surface area contributed by atoms with Gasteiger partial charge in [0.25, 0.3) is 5.91 Å². The minimum absolute atomic E-state index is 0.0741. The summed E-state index contributed by atoms with van der Waals surface area (Å²) < 4.78 is 7.72. The molecule has 0 unspecified atom stereocenters. The molecule has 5 heteroatoms. The lowest BCUT2D eigenvalue weighted by molar-refractivity contribution is -0.117. The average molecular weight is 329 g/mol. The van der Waals surface area contributed by atoms with E-state index >= 15 is 0 Å². The van der Waals surface area contributed by atoms with Crippen molar-refractivity contribution in [2.45, 2.75) is 53.2 Å². The molecule has 2 heterocycles. The highest BCUT2D eigenvalue weighted by molar-refractivity contribution is 6.01. The summed E-state index contributed by atoms with van der Waals surface area (Å²) in [4.78, 5) is 12.3. The number of hydrogen-bond donors (Lipinski definition) is 1. The van der Waals surface area contributed by atoms with E-state index < -0.39 is 0 Å². The second kappa shape index (κ2) is 8.16. The Balaban J connectivity index is 2.11. The Morgan fingerprint density at radius 2 is 2.29 bits per heavy atom. The minimum Gasteiger partial charge on any atom is -0.376 e. The number of rotatable bonds is 6. The van der Waals surface area contributed by atoms with Gasteiger partial charge in [-0.2, -0.15) is 5.26 Å². The molecule has 0 saturated carbocycles. The van der Waals surface area contributed by atoms with Crippen LogP contribution in [0.25, 0.3) is 6.08 Å². The molecular weight excluding hydrogens is 302 g/mol. The van der Waals surface area contributed by atoms with Gasteiger partial charge in [-0.05, 0) is 50.3 Å². The van der Waals surface area contributed by atoms with Crippen molar-refractivity contribution in [2.24, 2.45) is 5.92 Å². The normalized spacial score (nSPS) is 18.0. The SMILES string of the molecule is Cc1cc(/C=C(\C#N)C(=O)NC[C@@H]2CCCO2)c(C)n1CC(C)C. The van der Waals surface area contributed by atoms with Crippen LogP contribution >= 0.6 is 0 Å². The molecule has 1 amide bonds. The van der Waals surface area contributed by atoms with Gasteiger partial charge in [-0.25, -0.2) is 0 Å². The molecule has 2 rings (SSSR count). The first-order valence-electron chi connectivity index (χ1n) is 8.60. The van der Waals surface area contributed by atoms with Crippen LogP contribution in [0.2, 0.25) is 0 Å². The molecule has 5 nitrogen and oxygen atoms in total. The summed E-state index contributed by atoms with van der Waals surface area (Å²) in [6, 6.07) is 4.05. The van der Waals surface area contributed by atoms with Crippen molar-refractivity contribution in [1.82, 2.24) is 9.88 Å². The van der Waals surface area contributed by atoms with Crippen molar-refractivity contribution in [3.8, 4) is 6.07 Å². The van der Waals surface area contributed by atoms with Gasteiger partial charge in [0.1, 0.15) is 11.6 Å². The molecular formula is C19H27N3O2. The van der Waals surface area contributed by atoms with E-state index in [2.05, 4.69) is 30.7 Å². The lowest BCUT2D eigenvalue weighted by Crippen LogP contribution is -2.32. The quantitative estimate of drug-likeness (QED) is 0.644. The van der Waals surface area contributed by atoms with E-state index in [0.29, 0.717) is 12.5 Å². The number of nitriles is 1. The van der Waals surface area contributed by atoms with E-state index in [4.69, 9.17) is 4.74 Å². The summed E-state index contributed by atoms with van der Waals surface area (Å²) >= 11 is 0. The highest BCUT2D eigenvalue weighted by atomic mass is 16.5. The van der Waals surface area contributed by atoms with Crippen LogP contribution in [0.3, 0.4) is 0 Å². The monoisotopic (exact) mass is 329 g/mol. The molecule has 130 valence electrons. The molecule has 24 heavy (non-hydrogen) atoms. The van der Waals surface area contributed by atoms with Gasteiger partial charge in [-0.1, -0.05) is 13.8 Å². The molecule has 1 aromatic rings. The van der Waals surface area contributed by atoms with E-state index in [9.17, 15) is 10.1 Å². The van der Waals surface area contributed by atoms with Crippen molar-refractivity contribution in [2.75, 3.05) is 13.2 Å². The van der Waals surface area contributed by atoms with Gasteiger partial charge >= 0.3 is 0 Å². The maximum Gasteiger partial charge on any atom is 0.262 e. The highest BCUT2D eigenvalue weighted by Gasteiger charge is 2.18. The van der Waals surface area contributed by atoms with E-state index in [-0.39, 0.29) is 17.6 Å². The average Bonchev–Trinajstić information content (AvgIpc) is 3.14. The van der Waals surface area contributed by atoms with Gasteiger partial charge in [0.05, 0.1) is 6.10 Å². The van der Waals surface area contributed by atoms with Crippen LogP contribution in [-0.2, 0) is 16.1 Å². The summed E-state index contributed by atoms with van der Waals surface area (Å²) in [7, 11) is 0. The van der Waals surface area contributed by atoms with E-state index in [1.54, 1.807) is 6.08 Å². The molecule has 1 atom stereocenters. The van der Waals surface area contributed by atoms with E-state index in [1.807, 2.05) is 19.1 Å². The van der Waals surface area contributed by atoms with Gasteiger partial charge in [0.15, 0.2) is 0 Å². The Bertz CT molecular complexity index is 659. The number of carbonyl (C=O) groups excluding carboxylic acids is 1. The Hall–Kier alpha value is -2.06. The van der Waals surface area contributed by atoms with Crippen LogP contribution in [0.4, 0.5) is 0 Å². The first-order valence-corrected chi connectivity index (χ1v) is 8.60. The fraction of sp³-hybridized carbons (Fsp3) is 0.579. The van der Waals surface area contributed by atoms with Crippen molar-refractivity contribution in [3.63, 3.8) is 0 Å². The van der Waals surface area contributed by atoms with Crippen molar-refractivity contribution < 1.29 is 9.53 Å². The van der Waals surface area contributed by atoms with Crippen LogP contribution in [-0.4, -0.2) is 29.7 Å². The van der Waals surface area contributed by atoms with Gasteiger partial charge in [-0.3, -0.25) is 4.79 Å². The first-order chi connectivity index (χ1) is 11.4. The Morgan fingerprint density at radius 1 is 1.54 bits per heavy atom. The molecule has 1 aliphatic heterocycles. The molecule has 1 aliphatic rings. The van der Waals surface area contributed by atoms with Crippen LogP contribution in [0.1, 0.15) is 43.6 Å². The molecule has 0 spiro atoms. The second-order valence-corrected chi connectivity index (χ2v) is 6.85. The summed E-state index contributed by atoms with van der Waals surface area (Å²) in [5.74, 6) is 0.207. The molecule has 0 bridgehead atoms. The van der Waals surface area contributed by atoms with Crippen LogP contribution in [0.5, 0.6) is 0 Å². The van der Waals surface area contributed by atoms with Crippen LogP contribution < -0.4 is 5.32 Å². The predicted molar refractivity (Wildman–Crippen MR) is 94.3 cm³/mol. The van der Waals surface area contributed by atoms with Crippen molar-refractivity contribution in [1.29, 1.82) is 5.26 Å². The third-order valence-electron chi connectivity index (χ3n) is 4.34. The van der Waals surface area contributed by atoms with Crippen LogP contribution in [0, 0.1) is 31.1 Å². The number of amides is 1. The summed E-state index contributed by atoms with van der Waals surface area (Å²) in [6.07, 6.45) is 3.75. The van der Waals surface area contributed by atoms with E-state index in [0.717, 1.165) is 42.9 Å². The van der Waals surface area contributed by atoms with Crippen LogP contribution in [0.15, 0.2) is 11.6 Å². The predicted octanol–water partition coefficient (Wildman–Crippen LogP) is 2.96. The van der Waals surface area contributed by atoms with Crippen molar-refractivity contribution >= 4 is 12.0 Å². The maximum atomic E-state index is 12.3. The lowest BCUT2D eigenvalue weighted by Gasteiger charge is -2.12. The third-order valence-corrected chi connectivity index (χ3v) is 4.34. The number of aryl methyl sites for hydroxylation is 1. The summed E-state index contributed by atoms with van der Waals surface area (Å²) in [6.45, 7) is 10.6. The number of hydrogen-bond acceptors (Lipinski definition) is 3. The van der Waals surface area contributed by atoms with Crippen molar-refractivity contribution in [3.05, 3.63) is 28.6 Å². The summed E-state index contributed by atoms with van der Waals surface area (Å²) in [5.41, 5.74) is 3.29. The molecule has 1 saturated heterocycles. The Morgan fingerprint density at radius 3 is 2.88 bits per heavy atom. The number of nitrogens with one attached hydrogen (secondary N) is 1. The first kappa shape index (κ1) is 18.3. The second-order valence-electron chi connectivity index (χ2n) is 6.85. The fourth-order valence-corrected chi connectivity index (χ4v) is 3.03. The molecule has 1 N–H and O–H groups in total. The molecule has 1 aromatic heterocycles. The van der Waals surface area contributed by atoms with Gasteiger partial charge in [0.2, 0.25) is 0 Å². The Kier molecular flexibility index (Phi) is 6.22. The molecule has 0 radical (unpaired) electrons. The number of ether oxygens (including phenoxy) is 1. The van der Waals surface area contributed by atoms with Gasteiger partial charge in [-0.15, -0.1) is 0 Å². The number of nitrogens with zero attached hydrogens (tertiary/aromatic N) is 2. The molecule has 1 fully saturated rings. The zero-order chi connectivity index (χ0) is 17.7. The molecule has 0 aliphatic carbocycles. The topological polar surface area (TPSA) is 67.1 Å². The van der Waals surface area contributed by atoms with Gasteiger partial charge in [0, 0.05) is 31.1 Å². The molecule has 0 aromatic carbocycles. The zero-order valence-corrected chi connectivity index (χ0v) is 15.1. The minimum atomic E-state index is -0.332. The fourth-order valence-electron chi connectivity index (χ4n) is 3.03. The maximum absolute atomic E-state index is 12.3. The Labute approximate surface area is 144 Å². The standard InChI is InChI=1S/C19H27N3O2/c1-13(2)12-22-14(3)8-16(15(22)4)9-17(10-20)19(23)21-11-18-6-5-7-24-18/h8-9,13,18H,5-7,11-12H2,1-4H3,(H,21,23)/b17-9+/t18-/m0/s1. The zero-order valence-electron chi connectivity index (χ0n) is 15.1. The number of carbonyl (C=O) groups is 1. The lowest BCUT2D eigenvalue weighted by atomic mass is 10.1. The number of aromatic nitrogens is 1. The van der Waals surface area contributed by atoms with E-state index in [1.165, 1.54) is 0 Å². The largest absolute Gasteiger partial charge is 0.376 e.